The lowest BCUT2D eigenvalue weighted by atomic mass is 10.1. The lowest BCUT2D eigenvalue weighted by Gasteiger charge is -2.10. The van der Waals surface area contributed by atoms with Gasteiger partial charge < -0.3 is 10.3 Å². The molecule has 86 valence electrons. The number of carbonyl (C=O) groups excluding carboxylic acids is 1. The molecule has 1 amide bonds. The van der Waals surface area contributed by atoms with Gasteiger partial charge >= 0.3 is 0 Å². The summed E-state index contributed by atoms with van der Waals surface area (Å²) >= 11 is 0. The molecular formula is C14H14N2O. The Balaban J connectivity index is 1.68. The molecule has 0 aliphatic heterocycles. The Kier molecular flexibility index (Phi) is 2.44. The number of hydrogen-bond donors (Lipinski definition) is 2. The molecule has 0 spiro atoms. The predicted octanol–water partition coefficient (Wildman–Crippen LogP) is 1.91. The first-order valence-corrected chi connectivity index (χ1v) is 5.83. The van der Waals surface area contributed by atoms with Gasteiger partial charge in [-0.1, -0.05) is 24.3 Å². The summed E-state index contributed by atoms with van der Waals surface area (Å²) in [5.74, 6) is 0.00376. The van der Waals surface area contributed by atoms with Crippen LogP contribution in [0.2, 0.25) is 0 Å². The third kappa shape index (κ3) is 1.96. The quantitative estimate of drug-likeness (QED) is 0.807. The fraction of sp³-hybridized carbons (Fsp3) is 0.214. The maximum atomic E-state index is 11.9. The summed E-state index contributed by atoms with van der Waals surface area (Å²) in [6, 6.07) is 10.4. The monoisotopic (exact) mass is 226 g/mol. The molecule has 1 aliphatic rings. The molecule has 1 aliphatic carbocycles. The summed E-state index contributed by atoms with van der Waals surface area (Å²) in [4.78, 5) is 14.8. The maximum Gasteiger partial charge on any atom is 0.253 e. The molecule has 0 saturated heterocycles. The third-order valence-corrected chi connectivity index (χ3v) is 3.25. The number of H-pyrrole nitrogens is 1. The van der Waals surface area contributed by atoms with Crippen LogP contribution in [-0.4, -0.2) is 16.9 Å². The van der Waals surface area contributed by atoms with Crippen molar-refractivity contribution in [1.29, 1.82) is 0 Å². The Labute approximate surface area is 99.9 Å². The maximum absolute atomic E-state index is 11.9. The van der Waals surface area contributed by atoms with Crippen LogP contribution in [0.5, 0.6) is 0 Å². The van der Waals surface area contributed by atoms with Gasteiger partial charge in [0.25, 0.3) is 5.91 Å². The molecule has 1 aromatic heterocycles. The molecule has 3 rings (SSSR count). The topological polar surface area (TPSA) is 44.9 Å². The van der Waals surface area contributed by atoms with E-state index in [1.54, 1.807) is 18.5 Å². The van der Waals surface area contributed by atoms with Crippen molar-refractivity contribution in [2.45, 2.75) is 18.9 Å². The summed E-state index contributed by atoms with van der Waals surface area (Å²) in [6.07, 6.45) is 5.36. The van der Waals surface area contributed by atoms with Gasteiger partial charge in [0.05, 0.1) is 5.56 Å². The van der Waals surface area contributed by atoms with Gasteiger partial charge in [0, 0.05) is 18.4 Å². The minimum atomic E-state index is 0.00376. The van der Waals surface area contributed by atoms with Gasteiger partial charge in [0.15, 0.2) is 0 Å². The van der Waals surface area contributed by atoms with Crippen LogP contribution in [-0.2, 0) is 12.8 Å². The molecule has 0 atom stereocenters. The van der Waals surface area contributed by atoms with Crippen LogP contribution < -0.4 is 5.32 Å². The van der Waals surface area contributed by atoms with Crippen molar-refractivity contribution in [3.8, 4) is 0 Å². The van der Waals surface area contributed by atoms with E-state index in [0.717, 1.165) is 12.8 Å². The van der Waals surface area contributed by atoms with E-state index in [2.05, 4.69) is 34.6 Å². The minimum absolute atomic E-state index is 0.00376. The van der Waals surface area contributed by atoms with Crippen LogP contribution in [0, 0.1) is 0 Å². The molecule has 3 heteroatoms. The van der Waals surface area contributed by atoms with Crippen molar-refractivity contribution < 1.29 is 4.79 Å². The molecule has 0 fully saturated rings. The fourth-order valence-electron chi connectivity index (χ4n) is 2.39. The largest absolute Gasteiger partial charge is 0.367 e. The normalized spacial score (nSPS) is 14.6. The molecule has 1 heterocycles. The van der Waals surface area contributed by atoms with E-state index in [0.29, 0.717) is 5.56 Å². The lowest BCUT2D eigenvalue weighted by Crippen LogP contribution is -2.35. The second kappa shape index (κ2) is 4.09. The fourth-order valence-corrected chi connectivity index (χ4v) is 2.39. The highest BCUT2D eigenvalue weighted by Crippen LogP contribution is 2.21. The third-order valence-electron chi connectivity index (χ3n) is 3.25. The van der Waals surface area contributed by atoms with Crippen LogP contribution in [0.25, 0.3) is 0 Å². The van der Waals surface area contributed by atoms with Crippen LogP contribution >= 0.6 is 0 Å². The number of amides is 1. The highest BCUT2D eigenvalue weighted by Gasteiger charge is 2.22. The SMILES string of the molecule is O=C(NC1Cc2ccccc2C1)c1cc[nH]c1. The summed E-state index contributed by atoms with van der Waals surface area (Å²) in [5.41, 5.74) is 3.40. The molecule has 0 saturated carbocycles. The first kappa shape index (κ1) is 10.1. The molecule has 3 nitrogen and oxygen atoms in total. The lowest BCUT2D eigenvalue weighted by molar-refractivity contribution is 0.0939. The summed E-state index contributed by atoms with van der Waals surface area (Å²) in [7, 11) is 0. The van der Waals surface area contributed by atoms with Gasteiger partial charge in [-0.05, 0) is 30.0 Å². The van der Waals surface area contributed by atoms with Gasteiger partial charge in [-0.2, -0.15) is 0 Å². The molecule has 2 N–H and O–H groups in total. The zero-order chi connectivity index (χ0) is 11.7. The van der Waals surface area contributed by atoms with Crippen molar-refractivity contribution in [3.63, 3.8) is 0 Å². The van der Waals surface area contributed by atoms with E-state index in [1.807, 2.05) is 0 Å². The van der Waals surface area contributed by atoms with Crippen LogP contribution in [0.4, 0.5) is 0 Å². The van der Waals surface area contributed by atoms with Crippen molar-refractivity contribution in [1.82, 2.24) is 10.3 Å². The van der Waals surface area contributed by atoms with E-state index in [-0.39, 0.29) is 11.9 Å². The van der Waals surface area contributed by atoms with Gasteiger partial charge in [-0.25, -0.2) is 0 Å². The first-order chi connectivity index (χ1) is 8.33. The number of aromatic nitrogens is 1. The number of benzene rings is 1. The van der Waals surface area contributed by atoms with Crippen LogP contribution in [0.3, 0.4) is 0 Å². The molecule has 17 heavy (non-hydrogen) atoms. The van der Waals surface area contributed by atoms with E-state index >= 15 is 0 Å². The average Bonchev–Trinajstić information content (AvgIpc) is 2.97. The van der Waals surface area contributed by atoms with Crippen molar-refractivity contribution >= 4 is 5.91 Å². The summed E-state index contributed by atoms with van der Waals surface area (Å²) in [6.45, 7) is 0. The number of aromatic amines is 1. The zero-order valence-corrected chi connectivity index (χ0v) is 9.44. The number of rotatable bonds is 2. The van der Waals surface area contributed by atoms with Gasteiger partial charge in [0.2, 0.25) is 0 Å². The Hall–Kier alpha value is -2.03. The molecule has 0 bridgehead atoms. The molecule has 0 radical (unpaired) electrons. The number of nitrogens with one attached hydrogen (secondary N) is 2. The van der Waals surface area contributed by atoms with Crippen LogP contribution in [0.1, 0.15) is 21.5 Å². The molecular weight excluding hydrogens is 212 g/mol. The first-order valence-electron chi connectivity index (χ1n) is 5.83. The Morgan fingerprint density at radius 1 is 1.18 bits per heavy atom. The smallest absolute Gasteiger partial charge is 0.253 e. The van der Waals surface area contributed by atoms with Crippen molar-refractivity contribution in [2.24, 2.45) is 0 Å². The minimum Gasteiger partial charge on any atom is -0.367 e. The van der Waals surface area contributed by atoms with Crippen molar-refractivity contribution in [3.05, 3.63) is 59.4 Å². The van der Waals surface area contributed by atoms with Gasteiger partial charge in [0.1, 0.15) is 0 Å². The van der Waals surface area contributed by atoms with E-state index in [1.165, 1.54) is 11.1 Å². The Morgan fingerprint density at radius 2 is 1.88 bits per heavy atom. The molecule has 2 aromatic rings. The average molecular weight is 226 g/mol. The second-order valence-corrected chi connectivity index (χ2v) is 4.45. The second-order valence-electron chi connectivity index (χ2n) is 4.45. The van der Waals surface area contributed by atoms with Crippen molar-refractivity contribution in [2.75, 3.05) is 0 Å². The van der Waals surface area contributed by atoms with Gasteiger partial charge in [-0.3, -0.25) is 4.79 Å². The van der Waals surface area contributed by atoms with E-state index in [9.17, 15) is 4.79 Å². The van der Waals surface area contributed by atoms with Crippen LogP contribution in [0.15, 0.2) is 42.7 Å². The van der Waals surface area contributed by atoms with Gasteiger partial charge in [-0.15, -0.1) is 0 Å². The zero-order valence-electron chi connectivity index (χ0n) is 9.44. The predicted molar refractivity (Wildman–Crippen MR) is 65.9 cm³/mol. The Morgan fingerprint density at radius 3 is 2.47 bits per heavy atom. The summed E-state index contributed by atoms with van der Waals surface area (Å²) < 4.78 is 0. The highest BCUT2D eigenvalue weighted by atomic mass is 16.1. The van der Waals surface area contributed by atoms with E-state index < -0.39 is 0 Å². The Bertz CT molecular complexity index is 506. The number of fused-ring (bicyclic) bond motifs is 1. The molecule has 0 unspecified atom stereocenters. The van der Waals surface area contributed by atoms with E-state index in [4.69, 9.17) is 0 Å². The molecule has 1 aromatic carbocycles. The number of carbonyl (C=O) groups is 1. The standard InChI is InChI=1S/C14H14N2O/c17-14(12-5-6-15-9-12)16-13-7-10-3-1-2-4-11(10)8-13/h1-6,9,13,15H,7-8H2,(H,16,17). The summed E-state index contributed by atoms with van der Waals surface area (Å²) in [5, 5.41) is 3.07. The highest BCUT2D eigenvalue weighted by molar-refractivity contribution is 5.94. The number of hydrogen-bond acceptors (Lipinski definition) is 1.